The van der Waals surface area contributed by atoms with E-state index in [0.717, 1.165) is 31.7 Å². The van der Waals surface area contributed by atoms with Crippen molar-refractivity contribution in [2.75, 3.05) is 26.2 Å². The maximum absolute atomic E-state index is 12.9. The summed E-state index contributed by atoms with van der Waals surface area (Å²) < 4.78 is 12.9. The number of hydrogen-bond donors (Lipinski definition) is 2. The van der Waals surface area contributed by atoms with Crippen LogP contribution in [0.15, 0.2) is 24.3 Å². The normalized spacial score (nSPS) is 18.3. The molecule has 2 rings (SSSR count). The summed E-state index contributed by atoms with van der Waals surface area (Å²) in [5.74, 6) is -0.264. The summed E-state index contributed by atoms with van der Waals surface area (Å²) in [5.41, 5.74) is 0.358. The zero-order valence-corrected chi connectivity index (χ0v) is 12.9. The van der Waals surface area contributed by atoms with E-state index in [-0.39, 0.29) is 17.8 Å². The Hall–Kier alpha value is -1.46. The van der Waals surface area contributed by atoms with Gasteiger partial charge in [0.1, 0.15) is 5.82 Å². The molecule has 1 amide bonds. The highest BCUT2D eigenvalue weighted by atomic mass is 19.1. The van der Waals surface area contributed by atoms with E-state index in [1.165, 1.54) is 12.1 Å². The van der Waals surface area contributed by atoms with Gasteiger partial charge >= 0.3 is 0 Å². The highest BCUT2D eigenvalue weighted by Gasteiger charge is 2.35. The molecule has 1 aromatic rings. The molecule has 1 aromatic carbocycles. The Balaban J connectivity index is 2.00. The number of rotatable bonds is 4. The van der Waals surface area contributed by atoms with E-state index in [2.05, 4.69) is 15.5 Å². The van der Waals surface area contributed by atoms with Crippen molar-refractivity contribution in [1.29, 1.82) is 0 Å². The first-order valence-electron chi connectivity index (χ1n) is 7.43. The number of hydrogen-bond acceptors (Lipinski definition) is 3. The van der Waals surface area contributed by atoms with Gasteiger partial charge in [-0.25, -0.2) is 4.39 Å². The third kappa shape index (κ3) is 3.80. The van der Waals surface area contributed by atoms with Gasteiger partial charge in [-0.15, -0.1) is 0 Å². The molecule has 2 N–H and O–H groups in total. The molecule has 21 heavy (non-hydrogen) atoms. The number of carbonyl (C=O) groups excluding carboxylic acids is 1. The van der Waals surface area contributed by atoms with Crippen molar-refractivity contribution in [3.63, 3.8) is 0 Å². The van der Waals surface area contributed by atoms with Crippen LogP contribution in [0.3, 0.4) is 0 Å². The predicted molar refractivity (Wildman–Crippen MR) is 81.5 cm³/mol. The lowest BCUT2D eigenvalue weighted by atomic mass is 9.99. The molecule has 4 nitrogen and oxygen atoms in total. The van der Waals surface area contributed by atoms with Crippen molar-refractivity contribution < 1.29 is 9.18 Å². The lowest BCUT2D eigenvalue weighted by Crippen LogP contribution is -2.60. The summed E-state index contributed by atoms with van der Waals surface area (Å²) in [6, 6.07) is 6.11. The van der Waals surface area contributed by atoms with E-state index in [1.807, 2.05) is 20.8 Å². The smallest absolute Gasteiger partial charge is 0.240 e. The van der Waals surface area contributed by atoms with Crippen molar-refractivity contribution in [2.45, 2.75) is 32.4 Å². The van der Waals surface area contributed by atoms with Crippen molar-refractivity contribution in [1.82, 2.24) is 15.5 Å². The second-order valence-corrected chi connectivity index (χ2v) is 6.04. The number of nitrogens with one attached hydrogen (secondary N) is 2. The van der Waals surface area contributed by atoms with Crippen LogP contribution in [0, 0.1) is 5.82 Å². The van der Waals surface area contributed by atoms with Crippen LogP contribution < -0.4 is 10.6 Å². The quantitative estimate of drug-likeness (QED) is 0.888. The summed E-state index contributed by atoms with van der Waals surface area (Å²) in [5, 5.41) is 6.32. The molecule has 1 heterocycles. The second-order valence-electron chi connectivity index (χ2n) is 6.04. The van der Waals surface area contributed by atoms with E-state index >= 15 is 0 Å². The Bertz CT molecular complexity index is 481. The Labute approximate surface area is 125 Å². The van der Waals surface area contributed by atoms with Gasteiger partial charge < -0.3 is 10.6 Å². The monoisotopic (exact) mass is 293 g/mol. The van der Waals surface area contributed by atoms with Crippen LogP contribution in [-0.4, -0.2) is 42.5 Å². The van der Waals surface area contributed by atoms with E-state index in [9.17, 15) is 9.18 Å². The number of nitrogens with zero attached hydrogens (tertiary/aromatic N) is 1. The maximum atomic E-state index is 12.9. The molecule has 0 spiro atoms. The molecular formula is C16H24FN3O. The molecule has 5 heteroatoms. The standard InChI is InChI=1S/C16H24FN3O/c1-12(13-4-6-14(17)7-5-13)19-15(21)16(2,3)20-10-8-18-9-11-20/h4-7,12,18H,8-11H2,1-3H3,(H,19,21)/t12-/m0/s1. The minimum atomic E-state index is -0.545. The van der Waals surface area contributed by atoms with Crippen molar-refractivity contribution in [3.8, 4) is 0 Å². The predicted octanol–water partition coefficient (Wildman–Crippen LogP) is 1.69. The van der Waals surface area contributed by atoms with E-state index in [0.29, 0.717) is 0 Å². The van der Waals surface area contributed by atoms with Gasteiger partial charge in [0.2, 0.25) is 5.91 Å². The lowest BCUT2D eigenvalue weighted by Gasteiger charge is -2.40. The number of amides is 1. The first-order valence-corrected chi connectivity index (χ1v) is 7.43. The molecule has 0 bridgehead atoms. The Kier molecular flexibility index (Phi) is 4.96. The largest absolute Gasteiger partial charge is 0.348 e. The number of carbonyl (C=O) groups is 1. The Morgan fingerprint density at radius 3 is 2.43 bits per heavy atom. The van der Waals surface area contributed by atoms with E-state index < -0.39 is 5.54 Å². The molecule has 0 radical (unpaired) electrons. The highest BCUT2D eigenvalue weighted by molar-refractivity contribution is 5.85. The molecule has 1 atom stereocenters. The third-order valence-corrected chi connectivity index (χ3v) is 4.18. The SMILES string of the molecule is C[C@H](NC(=O)C(C)(C)N1CCNCC1)c1ccc(F)cc1. The van der Waals surface area contributed by atoms with Crippen molar-refractivity contribution in [2.24, 2.45) is 0 Å². The van der Waals surface area contributed by atoms with Crippen LogP contribution in [0.5, 0.6) is 0 Å². The van der Waals surface area contributed by atoms with Crippen LogP contribution in [0.4, 0.5) is 4.39 Å². The molecule has 116 valence electrons. The fraction of sp³-hybridized carbons (Fsp3) is 0.562. The van der Waals surface area contributed by atoms with Gasteiger partial charge in [0.25, 0.3) is 0 Å². The van der Waals surface area contributed by atoms with E-state index in [4.69, 9.17) is 0 Å². The minimum Gasteiger partial charge on any atom is -0.348 e. The fourth-order valence-corrected chi connectivity index (χ4v) is 2.58. The maximum Gasteiger partial charge on any atom is 0.240 e. The van der Waals surface area contributed by atoms with Gasteiger partial charge in [-0.05, 0) is 38.5 Å². The average molecular weight is 293 g/mol. The van der Waals surface area contributed by atoms with Crippen molar-refractivity contribution >= 4 is 5.91 Å². The molecule has 1 fully saturated rings. The zero-order chi connectivity index (χ0) is 15.5. The third-order valence-electron chi connectivity index (χ3n) is 4.18. The summed E-state index contributed by atoms with van der Waals surface area (Å²) in [4.78, 5) is 14.8. The number of piperazine rings is 1. The van der Waals surface area contributed by atoms with Crippen LogP contribution in [0.2, 0.25) is 0 Å². The van der Waals surface area contributed by atoms with Crippen molar-refractivity contribution in [3.05, 3.63) is 35.6 Å². The second kappa shape index (κ2) is 6.54. The topological polar surface area (TPSA) is 44.4 Å². The molecule has 0 aromatic heterocycles. The lowest BCUT2D eigenvalue weighted by molar-refractivity contribution is -0.132. The van der Waals surface area contributed by atoms with Gasteiger partial charge in [-0.1, -0.05) is 12.1 Å². The van der Waals surface area contributed by atoms with Gasteiger partial charge in [-0.3, -0.25) is 9.69 Å². The summed E-state index contributed by atoms with van der Waals surface area (Å²) in [7, 11) is 0. The Morgan fingerprint density at radius 1 is 1.29 bits per heavy atom. The molecule has 1 saturated heterocycles. The van der Waals surface area contributed by atoms with Crippen LogP contribution in [-0.2, 0) is 4.79 Å². The van der Waals surface area contributed by atoms with Gasteiger partial charge in [0, 0.05) is 26.2 Å². The summed E-state index contributed by atoms with van der Waals surface area (Å²) >= 11 is 0. The zero-order valence-electron chi connectivity index (χ0n) is 12.9. The first-order chi connectivity index (χ1) is 9.91. The van der Waals surface area contributed by atoms with Gasteiger partial charge in [-0.2, -0.15) is 0 Å². The van der Waals surface area contributed by atoms with Crippen LogP contribution in [0.1, 0.15) is 32.4 Å². The fourth-order valence-electron chi connectivity index (χ4n) is 2.58. The van der Waals surface area contributed by atoms with Gasteiger partial charge in [0.05, 0.1) is 11.6 Å². The molecular weight excluding hydrogens is 269 g/mol. The first kappa shape index (κ1) is 15.9. The molecule has 0 unspecified atom stereocenters. The molecule has 1 aliphatic rings. The number of halogens is 1. The summed E-state index contributed by atoms with van der Waals surface area (Å²) in [6.07, 6.45) is 0. The van der Waals surface area contributed by atoms with Gasteiger partial charge in [0.15, 0.2) is 0 Å². The van der Waals surface area contributed by atoms with Crippen LogP contribution >= 0.6 is 0 Å². The number of benzene rings is 1. The highest BCUT2D eigenvalue weighted by Crippen LogP contribution is 2.19. The van der Waals surface area contributed by atoms with E-state index in [1.54, 1.807) is 12.1 Å². The molecule has 0 aliphatic carbocycles. The Morgan fingerprint density at radius 2 is 1.86 bits per heavy atom. The minimum absolute atomic E-state index is 0.00113. The average Bonchev–Trinajstić information content (AvgIpc) is 2.48. The summed E-state index contributed by atoms with van der Waals surface area (Å²) in [6.45, 7) is 9.36. The molecule has 1 aliphatic heterocycles. The molecule has 0 saturated carbocycles. The van der Waals surface area contributed by atoms with Crippen LogP contribution in [0.25, 0.3) is 0 Å².